The van der Waals surface area contributed by atoms with Crippen molar-refractivity contribution in [1.29, 1.82) is 0 Å². The molecular formula is C19H19F3N4O4S. The molecule has 0 aliphatic rings. The third-order valence-electron chi connectivity index (χ3n) is 4.52. The molecule has 1 atom stereocenters. The van der Waals surface area contributed by atoms with Gasteiger partial charge in [0.2, 0.25) is 10.0 Å². The molecule has 0 amide bonds. The van der Waals surface area contributed by atoms with Gasteiger partial charge in [0.15, 0.2) is 5.76 Å². The summed E-state index contributed by atoms with van der Waals surface area (Å²) in [6.45, 7) is 2.01. The Morgan fingerprint density at radius 1 is 1.19 bits per heavy atom. The van der Waals surface area contributed by atoms with E-state index in [4.69, 9.17) is 15.4 Å². The Kier molecular flexibility index (Phi) is 6.07. The summed E-state index contributed by atoms with van der Waals surface area (Å²) in [5.74, 6) is 0.530. The smallest absolute Gasteiger partial charge is 0.394 e. The molecule has 2 heterocycles. The normalized spacial score (nSPS) is 13.4. The fourth-order valence-electron chi connectivity index (χ4n) is 2.85. The molecule has 3 aromatic rings. The molecular weight excluding hydrogens is 437 g/mol. The Morgan fingerprint density at radius 2 is 1.90 bits per heavy atom. The maximum atomic E-state index is 12.9. The molecule has 3 rings (SSSR count). The second-order valence-electron chi connectivity index (χ2n) is 6.86. The van der Waals surface area contributed by atoms with Crippen LogP contribution < -0.4 is 10.5 Å². The number of aromatic nitrogens is 2. The molecule has 31 heavy (non-hydrogen) atoms. The molecule has 4 N–H and O–H groups in total. The van der Waals surface area contributed by atoms with E-state index in [1.165, 1.54) is 29.1 Å². The minimum Gasteiger partial charge on any atom is -0.394 e. The summed E-state index contributed by atoms with van der Waals surface area (Å²) >= 11 is 0. The number of aliphatic hydroxyl groups excluding tert-OH is 1. The van der Waals surface area contributed by atoms with E-state index < -0.39 is 33.7 Å². The van der Waals surface area contributed by atoms with Crippen LogP contribution in [0.15, 0.2) is 45.9 Å². The van der Waals surface area contributed by atoms with E-state index in [-0.39, 0.29) is 5.82 Å². The lowest BCUT2D eigenvalue weighted by molar-refractivity contribution is -0.158. The highest BCUT2D eigenvalue weighted by atomic mass is 32.2. The van der Waals surface area contributed by atoms with Gasteiger partial charge in [-0.2, -0.15) is 17.9 Å². The van der Waals surface area contributed by atoms with Crippen LogP contribution in [-0.2, 0) is 10.0 Å². The van der Waals surface area contributed by atoms with Gasteiger partial charge in [0.1, 0.15) is 11.9 Å². The van der Waals surface area contributed by atoms with Gasteiger partial charge in [-0.05, 0) is 43.2 Å². The molecule has 0 fully saturated rings. The van der Waals surface area contributed by atoms with Crippen molar-refractivity contribution in [2.75, 3.05) is 12.3 Å². The van der Waals surface area contributed by atoms with Gasteiger partial charge in [0, 0.05) is 17.8 Å². The third-order valence-corrected chi connectivity index (χ3v) is 5.99. The molecule has 0 aliphatic carbocycles. The standard InChI is InChI=1S/C19H19F3N4O4S/c1-10-3-4-13(31(28,29)26-17(9-27)19(20,21)22)7-14(10)12-6-15(18(23)24-8-12)16-5-11(2)25-30-16/h3-8,17,26-27H,9H2,1-2H3,(H2,23,24). The zero-order valence-corrected chi connectivity index (χ0v) is 17.3. The van der Waals surface area contributed by atoms with Crippen LogP contribution in [0.4, 0.5) is 19.0 Å². The van der Waals surface area contributed by atoms with Crippen molar-refractivity contribution in [1.82, 2.24) is 14.9 Å². The second kappa shape index (κ2) is 8.29. The first-order valence-corrected chi connectivity index (χ1v) is 10.4. The number of nitrogens with zero attached hydrogens (tertiary/aromatic N) is 2. The van der Waals surface area contributed by atoms with Crippen molar-refractivity contribution >= 4 is 15.8 Å². The number of sulfonamides is 1. The largest absolute Gasteiger partial charge is 0.407 e. The molecule has 2 aromatic heterocycles. The van der Waals surface area contributed by atoms with E-state index in [1.807, 2.05) is 0 Å². The summed E-state index contributed by atoms with van der Waals surface area (Å²) in [4.78, 5) is 3.71. The maximum Gasteiger partial charge on any atom is 0.407 e. The average Bonchev–Trinajstić information content (AvgIpc) is 3.12. The van der Waals surface area contributed by atoms with Crippen LogP contribution in [0.1, 0.15) is 11.3 Å². The van der Waals surface area contributed by atoms with Crippen LogP contribution in [0, 0.1) is 13.8 Å². The van der Waals surface area contributed by atoms with Gasteiger partial charge in [-0.1, -0.05) is 11.2 Å². The molecule has 0 bridgehead atoms. The molecule has 0 spiro atoms. The first kappa shape index (κ1) is 22.7. The van der Waals surface area contributed by atoms with Gasteiger partial charge in [-0.3, -0.25) is 0 Å². The van der Waals surface area contributed by atoms with Gasteiger partial charge >= 0.3 is 6.18 Å². The first-order chi connectivity index (χ1) is 14.4. The highest BCUT2D eigenvalue weighted by Gasteiger charge is 2.42. The van der Waals surface area contributed by atoms with Crippen LogP contribution in [0.2, 0.25) is 0 Å². The van der Waals surface area contributed by atoms with Crippen molar-refractivity contribution in [3.8, 4) is 22.5 Å². The number of halogens is 3. The number of anilines is 1. The summed E-state index contributed by atoms with van der Waals surface area (Å²) < 4.78 is 70.4. The van der Waals surface area contributed by atoms with Crippen molar-refractivity contribution < 1.29 is 31.2 Å². The minimum atomic E-state index is -4.94. The topological polar surface area (TPSA) is 131 Å². The molecule has 12 heteroatoms. The first-order valence-electron chi connectivity index (χ1n) is 8.92. The predicted octanol–water partition coefficient (Wildman–Crippen LogP) is 2.80. The summed E-state index contributed by atoms with van der Waals surface area (Å²) in [6.07, 6.45) is -3.53. The number of nitrogens with one attached hydrogen (secondary N) is 1. The van der Waals surface area contributed by atoms with Crippen molar-refractivity contribution in [3.63, 3.8) is 0 Å². The molecule has 166 valence electrons. The van der Waals surface area contributed by atoms with Crippen LogP contribution in [0.25, 0.3) is 22.5 Å². The van der Waals surface area contributed by atoms with E-state index in [1.54, 1.807) is 26.0 Å². The molecule has 8 nitrogen and oxygen atoms in total. The quantitative estimate of drug-likeness (QED) is 0.520. The third kappa shape index (κ3) is 4.86. The Balaban J connectivity index is 2.04. The number of rotatable bonds is 6. The summed E-state index contributed by atoms with van der Waals surface area (Å²) in [7, 11) is -4.57. The molecule has 0 radical (unpaired) electrons. The number of benzene rings is 1. The Morgan fingerprint density at radius 3 is 2.48 bits per heavy atom. The Bertz CT molecular complexity index is 1210. The van der Waals surface area contributed by atoms with E-state index >= 15 is 0 Å². The van der Waals surface area contributed by atoms with E-state index in [0.717, 1.165) is 0 Å². The Labute approximate surface area is 175 Å². The number of hydrogen-bond acceptors (Lipinski definition) is 7. The number of aliphatic hydroxyl groups is 1. The Hall–Kier alpha value is -2.96. The molecule has 0 saturated heterocycles. The lowest BCUT2D eigenvalue weighted by atomic mass is 10.00. The maximum absolute atomic E-state index is 12.9. The molecule has 1 unspecified atom stereocenters. The van der Waals surface area contributed by atoms with Crippen LogP contribution in [0.3, 0.4) is 0 Å². The number of nitrogen functional groups attached to an aromatic ring is 1. The second-order valence-corrected chi connectivity index (χ2v) is 8.58. The zero-order valence-electron chi connectivity index (χ0n) is 16.4. The van der Waals surface area contributed by atoms with Crippen molar-refractivity contribution in [2.45, 2.75) is 31.0 Å². The van der Waals surface area contributed by atoms with Gasteiger partial charge in [-0.25, -0.2) is 13.4 Å². The van der Waals surface area contributed by atoms with Gasteiger partial charge < -0.3 is 15.4 Å². The summed E-state index contributed by atoms with van der Waals surface area (Å²) in [6, 6.07) is 4.52. The van der Waals surface area contributed by atoms with E-state index in [0.29, 0.717) is 33.7 Å². The number of pyridine rings is 1. The summed E-state index contributed by atoms with van der Waals surface area (Å²) in [5, 5.41) is 12.7. The van der Waals surface area contributed by atoms with Gasteiger partial charge in [0.25, 0.3) is 0 Å². The highest BCUT2D eigenvalue weighted by molar-refractivity contribution is 7.89. The zero-order chi connectivity index (χ0) is 23.0. The molecule has 1 aromatic carbocycles. The SMILES string of the molecule is Cc1cc(-c2cc(-c3cc(S(=O)(=O)NC(CO)C(F)(F)F)ccc3C)cnc2N)on1. The fraction of sp³-hybridized carbons (Fsp3) is 0.263. The van der Waals surface area contributed by atoms with E-state index in [2.05, 4.69) is 10.1 Å². The van der Waals surface area contributed by atoms with Crippen molar-refractivity contribution in [3.05, 3.63) is 47.8 Å². The number of nitrogens with two attached hydrogens (primary N) is 1. The highest BCUT2D eigenvalue weighted by Crippen LogP contribution is 2.32. The lowest BCUT2D eigenvalue weighted by Crippen LogP contribution is -2.47. The minimum absolute atomic E-state index is 0.166. The van der Waals surface area contributed by atoms with E-state index in [9.17, 15) is 21.6 Å². The van der Waals surface area contributed by atoms with Crippen LogP contribution >= 0.6 is 0 Å². The summed E-state index contributed by atoms with van der Waals surface area (Å²) in [5.41, 5.74) is 8.52. The van der Waals surface area contributed by atoms with Crippen molar-refractivity contribution in [2.24, 2.45) is 0 Å². The number of hydrogen-bond donors (Lipinski definition) is 3. The number of aryl methyl sites for hydroxylation is 2. The lowest BCUT2D eigenvalue weighted by Gasteiger charge is -2.19. The average molecular weight is 456 g/mol. The molecule has 0 saturated carbocycles. The molecule has 0 aliphatic heterocycles. The van der Waals surface area contributed by atoms with Gasteiger partial charge in [0.05, 0.1) is 22.8 Å². The fourth-order valence-corrected chi connectivity index (χ4v) is 4.09. The number of alkyl halides is 3. The van der Waals surface area contributed by atoms with Crippen LogP contribution in [0.5, 0.6) is 0 Å². The monoisotopic (exact) mass is 456 g/mol. The van der Waals surface area contributed by atoms with Gasteiger partial charge in [-0.15, -0.1) is 0 Å². The van der Waals surface area contributed by atoms with Crippen LogP contribution in [-0.4, -0.2) is 42.5 Å². The predicted molar refractivity (Wildman–Crippen MR) is 106 cm³/mol.